The molecule has 1 aliphatic rings. The van der Waals surface area contributed by atoms with E-state index in [1.165, 1.54) is 7.11 Å². The first kappa shape index (κ1) is 27.3. The number of hydrogen-bond acceptors (Lipinski definition) is 5. The molecule has 0 spiro atoms. The number of ether oxygens (including phenoxy) is 2. The highest BCUT2D eigenvalue weighted by Crippen LogP contribution is 2.50. The maximum atomic E-state index is 12.9. The molecule has 0 aromatic heterocycles. The second kappa shape index (κ2) is 11.9. The van der Waals surface area contributed by atoms with Crippen molar-refractivity contribution in [3.05, 3.63) is 113 Å². The molecule has 0 saturated heterocycles. The number of fused-ring (bicyclic) bond motifs is 2. The number of benzene rings is 4. The molecule has 1 aliphatic heterocycles. The smallest absolute Gasteiger partial charge is 0.338 e. The molecule has 4 aromatic carbocycles. The average Bonchev–Trinajstić information content (AvgIpc) is 2.97. The molecule has 1 N–H and O–H groups in total. The van der Waals surface area contributed by atoms with E-state index < -0.39 is 0 Å². The lowest BCUT2D eigenvalue weighted by atomic mass is 9.80. The van der Waals surface area contributed by atoms with Gasteiger partial charge in [0.15, 0.2) is 0 Å². The van der Waals surface area contributed by atoms with Crippen molar-refractivity contribution in [1.82, 2.24) is 0 Å². The minimum Gasteiger partial charge on any atom is -0.465 e. The topological polar surface area (TPSA) is 50.8 Å². The van der Waals surface area contributed by atoms with Crippen molar-refractivity contribution in [1.29, 1.82) is 0 Å². The van der Waals surface area contributed by atoms with Crippen LogP contribution in [0.1, 0.15) is 65.7 Å². The van der Waals surface area contributed by atoms with Gasteiger partial charge < -0.3 is 19.7 Å². The molecular formula is C35H38N2O3. The second-order valence-corrected chi connectivity index (χ2v) is 10.8. The average molecular weight is 535 g/mol. The molecule has 40 heavy (non-hydrogen) atoms. The summed E-state index contributed by atoms with van der Waals surface area (Å²) in [6.07, 6.45) is 1.13. The quantitative estimate of drug-likeness (QED) is 0.192. The van der Waals surface area contributed by atoms with Gasteiger partial charge in [0.1, 0.15) is 11.5 Å². The normalized spacial score (nSPS) is 13.7. The molecule has 0 radical (unpaired) electrons. The fourth-order valence-corrected chi connectivity index (χ4v) is 5.42. The van der Waals surface area contributed by atoms with E-state index in [9.17, 15) is 4.79 Å². The molecule has 0 aliphatic carbocycles. The Labute approximate surface area is 237 Å². The summed E-state index contributed by atoms with van der Waals surface area (Å²) in [4.78, 5) is 15.3. The van der Waals surface area contributed by atoms with Crippen LogP contribution in [0.2, 0.25) is 0 Å². The van der Waals surface area contributed by atoms with Crippen LogP contribution in [0, 0.1) is 12.8 Å². The molecule has 0 fully saturated rings. The van der Waals surface area contributed by atoms with Crippen molar-refractivity contribution in [2.24, 2.45) is 5.92 Å². The number of carbonyl (C=O) groups is 1. The number of aryl methyl sites for hydroxylation is 1. The Morgan fingerprint density at radius 1 is 0.925 bits per heavy atom. The molecule has 0 saturated carbocycles. The maximum absolute atomic E-state index is 12.9. The van der Waals surface area contributed by atoms with Gasteiger partial charge in [0.05, 0.1) is 12.7 Å². The zero-order valence-corrected chi connectivity index (χ0v) is 24.0. The van der Waals surface area contributed by atoms with Crippen molar-refractivity contribution in [2.45, 2.75) is 40.0 Å². The Hall–Kier alpha value is -4.25. The Bertz CT molecular complexity index is 1500. The number of carbonyl (C=O) groups excluding carboxylic acids is 1. The van der Waals surface area contributed by atoms with Crippen molar-refractivity contribution in [2.75, 3.05) is 30.4 Å². The van der Waals surface area contributed by atoms with Gasteiger partial charge >= 0.3 is 5.97 Å². The van der Waals surface area contributed by atoms with Gasteiger partial charge in [0, 0.05) is 53.3 Å². The summed E-state index contributed by atoms with van der Waals surface area (Å²) < 4.78 is 11.8. The Morgan fingerprint density at radius 2 is 1.65 bits per heavy atom. The SMILES string of the molecule is CCN(CCC(C)C)c1ccc2c(c1)Oc1cc(C)c(Nc3ccccc3)cc1C2c1ccccc1C(=O)OC. The summed E-state index contributed by atoms with van der Waals surface area (Å²) in [6, 6.07) is 28.6. The minimum absolute atomic E-state index is 0.203. The van der Waals surface area contributed by atoms with E-state index in [4.69, 9.17) is 9.47 Å². The van der Waals surface area contributed by atoms with Crippen LogP contribution in [-0.4, -0.2) is 26.2 Å². The molecule has 1 unspecified atom stereocenters. The lowest BCUT2D eigenvalue weighted by Crippen LogP contribution is -2.25. The number of para-hydroxylation sites is 1. The van der Waals surface area contributed by atoms with Gasteiger partial charge in [0.2, 0.25) is 0 Å². The number of esters is 1. The molecule has 0 bridgehead atoms. The molecular weight excluding hydrogens is 496 g/mol. The zero-order valence-electron chi connectivity index (χ0n) is 24.0. The monoisotopic (exact) mass is 534 g/mol. The van der Waals surface area contributed by atoms with Gasteiger partial charge in [-0.2, -0.15) is 0 Å². The van der Waals surface area contributed by atoms with Gasteiger partial charge in [-0.15, -0.1) is 0 Å². The number of rotatable bonds is 9. The maximum Gasteiger partial charge on any atom is 0.338 e. The summed E-state index contributed by atoms with van der Waals surface area (Å²) in [5.74, 6) is 1.71. The number of anilines is 3. The minimum atomic E-state index is -0.345. The van der Waals surface area contributed by atoms with Crippen LogP contribution in [0.5, 0.6) is 11.5 Å². The fourth-order valence-electron chi connectivity index (χ4n) is 5.42. The van der Waals surface area contributed by atoms with E-state index in [2.05, 4.69) is 80.4 Å². The Kier molecular flexibility index (Phi) is 8.11. The predicted molar refractivity (Wildman–Crippen MR) is 163 cm³/mol. The zero-order chi connectivity index (χ0) is 28.2. The van der Waals surface area contributed by atoms with Crippen molar-refractivity contribution in [3.63, 3.8) is 0 Å². The van der Waals surface area contributed by atoms with E-state index in [-0.39, 0.29) is 11.9 Å². The highest BCUT2D eigenvalue weighted by Gasteiger charge is 2.33. The Morgan fingerprint density at radius 3 is 2.38 bits per heavy atom. The van der Waals surface area contributed by atoms with Crippen LogP contribution >= 0.6 is 0 Å². The molecule has 1 heterocycles. The third kappa shape index (κ3) is 5.55. The summed E-state index contributed by atoms with van der Waals surface area (Å²) in [6.45, 7) is 10.7. The van der Waals surface area contributed by atoms with Crippen LogP contribution in [0.25, 0.3) is 0 Å². The van der Waals surface area contributed by atoms with Crippen molar-refractivity contribution < 1.29 is 14.3 Å². The summed E-state index contributed by atoms with van der Waals surface area (Å²) in [5.41, 5.74) is 7.73. The van der Waals surface area contributed by atoms with E-state index in [0.717, 1.165) is 70.3 Å². The lowest BCUT2D eigenvalue weighted by Gasteiger charge is -2.32. The lowest BCUT2D eigenvalue weighted by molar-refractivity contribution is 0.0599. The molecule has 5 rings (SSSR count). The van der Waals surface area contributed by atoms with Gasteiger partial charge in [0.25, 0.3) is 0 Å². The molecule has 1 atom stereocenters. The standard InChI is InChI=1S/C35H38N2O3/c1-6-37(19-18-23(2)3)26-16-17-29-33(21-26)40-32-20-24(4)31(36-25-12-8-7-9-13-25)22-30(32)34(29)27-14-10-11-15-28(27)35(38)39-5/h7-17,20-23,34,36H,6,18-19H2,1-5H3. The van der Waals surface area contributed by atoms with Crippen LogP contribution < -0.4 is 15.0 Å². The van der Waals surface area contributed by atoms with E-state index in [0.29, 0.717) is 11.5 Å². The van der Waals surface area contributed by atoms with E-state index >= 15 is 0 Å². The fraction of sp³-hybridized carbons (Fsp3) is 0.286. The summed E-state index contributed by atoms with van der Waals surface area (Å²) >= 11 is 0. The predicted octanol–water partition coefficient (Wildman–Crippen LogP) is 8.68. The van der Waals surface area contributed by atoms with Crippen LogP contribution in [0.4, 0.5) is 17.1 Å². The van der Waals surface area contributed by atoms with Gasteiger partial charge in [-0.05, 0) is 73.7 Å². The number of hydrogen-bond donors (Lipinski definition) is 1. The van der Waals surface area contributed by atoms with Crippen LogP contribution in [0.15, 0.2) is 84.9 Å². The first-order valence-corrected chi connectivity index (χ1v) is 14.1. The van der Waals surface area contributed by atoms with Gasteiger partial charge in [-0.25, -0.2) is 4.79 Å². The first-order chi connectivity index (χ1) is 19.4. The summed E-state index contributed by atoms with van der Waals surface area (Å²) in [5, 5.41) is 3.57. The third-order valence-electron chi connectivity index (χ3n) is 7.65. The molecule has 4 aromatic rings. The molecule has 5 nitrogen and oxygen atoms in total. The molecule has 0 amide bonds. The molecule has 5 heteroatoms. The highest BCUT2D eigenvalue weighted by molar-refractivity contribution is 5.92. The summed E-state index contributed by atoms with van der Waals surface area (Å²) in [7, 11) is 1.43. The third-order valence-corrected chi connectivity index (χ3v) is 7.65. The number of nitrogens with one attached hydrogen (secondary N) is 1. The number of nitrogens with zero attached hydrogens (tertiary/aromatic N) is 1. The van der Waals surface area contributed by atoms with E-state index in [1.54, 1.807) is 0 Å². The van der Waals surface area contributed by atoms with Gasteiger partial charge in [-0.3, -0.25) is 0 Å². The van der Waals surface area contributed by atoms with Crippen LogP contribution in [0.3, 0.4) is 0 Å². The first-order valence-electron chi connectivity index (χ1n) is 14.1. The van der Waals surface area contributed by atoms with Crippen molar-refractivity contribution >= 4 is 23.0 Å². The second-order valence-electron chi connectivity index (χ2n) is 10.8. The largest absolute Gasteiger partial charge is 0.465 e. The van der Waals surface area contributed by atoms with Gasteiger partial charge in [-0.1, -0.05) is 56.3 Å². The highest BCUT2D eigenvalue weighted by atomic mass is 16.5. The molecule has 206 valence electrons. The van der Waals surface area contributed by atoms with E-state index in [1.807, 2.05) is 42.5 Å². The van der Waals surface area contributed by atoms with Crippen LogP contribution in [-0.2, 0) is 4.74 Å². The Balaban J connectivity index is 1.65. The number of methoxy groups -OCH3 is 1. The van der Waals surface area contributed by atoms with Crippen molar-refractivity contribution in [3.8, 4) is 11.5 Å².